The Hall–Kier alpha value is -7.00. The summed E-state index contributed by atoms with van der Waals surface area (Å²) < 4.78 is 2.62. The molecule has 0 bridgehead atoms. The van der Waals surface area contributed by atoms with Crippen molar-refractivity contribution in [3.63, 3.8) is 0 Å². The van der Waals surface area contributed by atoms with E-state index in [1.807, 2.05) is 11.3 Å². The number of benzene rings is 10. The van der Waals surface area contributed by atoms with Gasteiger partial charge in [-0.25, -0.2) is 0 Å². The number of thiophene rings is 1. The van der Waals surface area contributed by atoms with Gasteiger partial charge < -0.3 is 4.90 Å². The molecule has 0 fully saturated rings. The van der Waals surface area contributed by atoms with Crippen LogP contribution in [0.4, 0.5) is 17.1 Å². The van der Waals surface area contributed by atoms with Gasteiger partial charge in [-0.2, -0.15) is 0 Å². The number of nitrogens with zero attached hydrogens (tertiary/aromatic N) is 1. The second-order valence-electron chi connectivity index (χ2n) is 15.5. The number of hydrogen-bond donors (Lipinski definition) is 0. The Balaban J connectivity index is 1.16. The van der Waals surface area contributed by atoms with Crippen molar-refractivity contribution in [1.29, 1.82) is 0 Å². The summed E-state index contributed by atoms with van der Waals surface area (Å²) in [5.74, 6) is 0. The van der Waals surface area contributed by atoms with Crippen molar-refractivity contribution in [3.05, 3.63) is 222 Å². The fourth-order valence-electron chi connectivity index (χ4n) is 10.6. The first-order chi connectivity index (χ1) is 28.3. The summed E-state index contributed by atoms with van der Waals surface area (Å²) in [6.07, 6.45) is 0. The van der Waals surface area contributed by atoms with Crippen LogP contribution in [0, 0.1) is 0 Å². The van der Waals surface area contributed by atoms with Crippen molar-refractivity contribution in [3.8, 4) is 22.3 Å². The molecule has 0 amide bonds. The van der Waals surface area contributed by atoms with E-state index >= 15 is 0 Å². The van der Waals surface area contributed by atoms with Crippen LogP contribution in [-0.4, -0.2) is 0 Å². The maximum absolute atomic E-state index is 2.54. The lowest BCUT2D eigenvalue weighted by Gasteiger charge is -2.32. The van der Waals surface area contributed by atoms with E-state index in [0.29, 0.717) is 0 Å². The third-order valence-electron chi connectivity index (χ3n) is 12.8. The van der Waals surface area contributed by atoms with E-state index in [1.54, 1.807) is 0 Å². The summed E-state index contributed by atoms with van der Waals surface area (Å²) in [5.41, 5.74) is 13.7. The molecule has 57 heavy (non-hydrogen) atoms. The minimum Gasteiger partial charge on any atom is -0.310 e. The highest BCUT2D eigenvalue weighted by Crippen LogP contribution is 2.63. The molecule has 0 aliphatic heterocycles. The van der Waals surface area contributed by atoms with Gasteiger partial charge in [0.2, 0.25) is 0 Å². The average Bonchev–Trinajstić information content (AvgIpc) is 3.90. The maximum Gasteiger partial charge on any atom is 0.0726 e. The molecular formula is C55H33NS. The molecule has 1 aromatic heterocycles. The third-order valence-corrected chi connectivity index (χ3v) is 14.0. The summed E-state index contributed by atoms with van der Waals surface area (Å²) in [6, 6.07) is 75.2. The van der Waals surface area contributed by atoms with Crippen LogP contribution in [0.5, 0.6) is 0 Å². The number of anilines is 3. The molecule has 1 heterocycles. The van der Waals surface area contributed by atoms with Crippen LogP contribution in [0.25, 0.3) is 74.7 Å². The first-order valence-electron chi connectivity index (χ1n) is 19.8. The van der Waals surface area contributed by atoms with Crippen LogP contribution in [0.15, 0.2) is 200 Å². The molecule has 10 aromatic carbocycles. The molecule has 0 N–H and O–H groups in total. The van der Waals surface area contributed by atoms with Gasteiger partial charge in [0.1, 0.15) is 0 Å². The molecule has 1 nitrogen and oxygen atoms in total. The lowest BCUT2D eigenvalue weighted by molar-refractivity contribution is 0.793. The van der Waals surface area contributed by atoms with E-state index < -0.39 is 5.41 Å². The van der Waals surface area contributed by atoms with Crippen LogP contribution in [0.3, 0.4) is 0 Å². The van der Waals surface area contributed by atoms with Gasteiger partial charge in [-0.1, -0.05) is 158 Å². The van der Waals surface area contributed by atoms with Crippen molar-refractivity contribution in [2.24, 2.45) is 0 Å². The summed E-state index contributed by atoms with van der Waals surface area (Å²) in [7, 11) is 0. The van der Waals surface area contributed by atoms with Gasteiger partial charge >= 0.3 is 0 Å². The van der Waals surface area contributed by atoms with Crippen molar-refractivity contribution in [2.45, 2.75) is 5.41 Å². The van der Waals surface area contributed by atoms with Crippen molar-refractivity contribution in [2.75, 3.05) is 4.90 Å². The van der Waals surface area contributed by atoms with Crippen LogP contribution in [0.1, 0.15) is 22.3 Å². The molecule has 0 saturated heterocycles. The third kappa shape index (κ3) is 4.07. The summed E-state index contributed by atoms with van der Waals surface area (Å²) in [6.45, 7) is 0. The van der Waals surface area contributed by atoms with Crippen LogP contribution in [-0.2, 0) is 5.41 Å². The van der Waals surface area contributed by atoms with Gasteiger partial charge in [-0.05, 0) is 114 Å². The SMILES string of the molecule is c1ccc2c(c1)-c1ccccc1C21c2ccccc2-c2ccc(N(c3ccc4sc5ccccc5c4c3)c3cccc4c5ccccc5c5ccccc5c34)cc21. The Morgan fingerprint density at radius 1 is 0.316 bits per heavy atom. The maximum atomic E-state index is 2.54. The minimum atomic E-state index is -0.435. The molecule has 1 spiro atoms. The summed E-state index contributed by atoms with van der Waals surface area (Å²) in [4.78, 5) is 2.54. The van der Waals surface area contributed by atoms with Crippen molar-refractivity contribution >= 4 is 80.9 Å². The van der Waals surface area contributed by atoms with E-state index in [4.69, 9.17) is 0 Å². The molecule has 0 atom stereocenters. The van der Waals surface area contributed by atoms with E-state index in [1.165, 1.54) is 103 Å². The van der Waals surface area contributed by atoms with E-state index in [9.17, 15) is 0 Å². The molecule has 2 aliphatic carbocycles. The summed E-state index contributed by atoms with van der Waals surface area (Å²) >= 11 is 1.87. The second-order valence-corrected chi connectivity index (χ2v) is 16.6. The molecule has 0 radical (unpaired) electrons. The molecule has 13 rings (SSSR count). The zero-order valence-electron chi connectivity index (χ0n) is 30.9. The second kappa shape index (κ2) is 11.5. The van der Waals surface area contributed by atoms with Gasteiger partial charge in [0.15, 0.2) is 0 Å². The van der Waals surface area contributed by atoms with E-state index in [2.05, 4.69) is 205 Å². The Morgan fingerprint density at radius 3 is 1.42 bits per heavy atom. The first kappa shape index (κ1) is 31.2. The average molecular weight is 740 g/mol. The standard InChI is InChI=1S/C55H33NS/c1-2-15-38-36(14-1)37-16-3-4-21-44(37)54-45(38)22-13-26-51(54)56(34-29-31-53-46(32-34)43-20-8-12-27-52(43)57-53)35-28-30-42-41-19-7-11-25-49(41)55(50(42)33-35)47-23-9-5-17-39(47)40-18-6-10-24-48(40)55/h1-33H. The van der Waals surface area contributed by atoms with Gasteiger partial charge in [0.05, 0.1) is 11.1 Å². The molecule has 264 valence electrons. The van der Waals surface area contributed by atoms with Crippen molar-refractivity contribution in [1.82, 2.24) is 0 Å². The highest BCUT2D eigenvalue weighted by molar-refractivity contribution is 7.25. The fourth-order valence-corrected chi connectivity index (χ4v) is 11.7. The summed E-state index contributed by atoms with van der Waals surface area (Å²) in [5, 5.41) is 10.2. The van der Waals surface area contributed by atoms with Crippen LogP contribution < -0.4 is 4.90 Å². The zero-order valence-corrected chi connectivity index (χ0v) is 31.7. The lowest BCUT2D eigenvalue weighted by atomic mass is 9.70. The van der Waals surface area contributed by atoms with Crippen molar-refractivity contribution < 1.29 is 0 Å². The Bertz CT molecular complexity index is 3390. The topological polar surface area (TPSA) is 3.24 Å². The Morgan fingerprint density at radius 2 is 0.772 bits per heavy atom. The normalized spacial score (nSPS) is 13.4. The number of rotatable bonds is 3. The largest absolute Gasteiger partial charge is 0.310 e. The molecule has 2 aliphatic rings. The van der Waals surface area contributed by atoms with Crippen LogP contribution >= 0.6 is 11.3 Å². The highest BCUT2D eigenvalue weighted by Gasteiger charge is 2.51. The number of fused-ring (bicyclic) bond motifs is 19. The smallest absolute Gasteiger partial charge is 0.0726 e. The predicted molar refractivity (Wildman–Crippen MR) is 243 cm³/mol. The highest BCUT2D eigenvalue weighted by atomic mass is 32.1. The molecule has 0 saturated carbocycles. The minimum absolute atomic E-state index is 0.435. The van der Waals surface area contributed by atoms with Gasteiger partial charge in [-0.15, -0.1) is 11.3 Å². The van der Waals surface area contributed by atoms with E-state index in [0.717, 1.165) is 11.4 Å². The molecule has 11 aromatic rings. The van der Waals surface area contributed by atoms with E-state index in [-0.39, 0.29) is 0 Å². The molecule has 0 unspecified atom stereocenters. The lowest BCUT2D eigenvalue weighted by Crippen LogP contribution is -2.26. The molecule has 2 heteroatoms. The number of hydrogen-bond acceptors (Lipinski definition) is 2. The molecular weight excluding hydrogens is 707 g/mol. The first-order valence-corrected chi connectivity index (χ1v) is 20.6. The zero-order chi connectivity index (χ0) is 37.2. The van der Waals surface area contributed by atoms with Crippen LogP contribution in [0.2, 0.25) is 0 Å². The van der Waals surface area contributed by atoms with Gasteiger partial charge in [0.25, 0.3) is 0 Å². The predicted octanol–water partition coefficient (Wildman–Crippen LogP) is 15.3. The monoisotopic (exact) mass is 739 g/mol. The Kier molecular flexibility index (Phi) is 6.31. The fraction of sp³-hybridized carbons (Fsp3) is 0.0182. The van der Waals surface area contributed by atoms with Gasteiger partial charge in [-0.3, -0.25) is 0 Å². The quantitative estimate of drug-likeness (QED) is 0.163. The van der Waals surface area contributed by atoms with Gasteiger partial charge in [0, 0.05) is 36.9 Å². The Labute approximate surface area is 334 Å².